The van der Waals surface area contributed by atoms with Gasteiger partial charge in [0.25, 0.3) is 0 Å². The van der Waals surface area contributed by atoms with Gasteiger partial charge in [-0.2, -0.15) is 0 Å². The van der Waals surface area contributed by atoms with Gasteiger partial charge in [-0.3, -0.25) is 0 Å². The summed E-state index contributed by atoms with van der Waals surface area (Å²) in [5.41, 5.74) is 1.10. The fourth-order valence-corrected chi connectivity index (χ4v) is 0.869. The Balaban J connectivity index is 2.74. The number of hydrogen-bond acceptors (Lipinski definition) is 1. The number of aromatic nitrogens is 1. The molecule has 0 aliphatic carbocycles. The van der Waals surface area contributed by atoms with Gasteiger partial charge in [-0.15, -0.1) is 0 Å². The topological polar surface area (TPSA) is 24.1 Å². The van der Waals surface area contributed by atoms with Gasteiger partial charge in [0.1, 0.15) is 6.61 Å². The lowest BCUT2D eigenvalue weighted by atomic mass is 10.3. The highest BCUT2D eigenvalue weighted by molar-refractivity contribution is 5.44. The van der Waals surface area contributed by atoms with Crippen LogP contribution in [0.1, 0.15) is 5.56 Å². The van der Waals surface area contributed by atoms with E-state index in [0.717, 1.165) is 5.56 Å². The molecule has 0 bridgehead atoms. The first-order chi connectivity index (χ1) is 5.36. The summed E-state index contributed by atoms with van der Waals surface area (Å²) in [5, 5.41) is 8.61. The summed E-state index contributed by atoms with van der Waals surface area (Å²) >= 11 is 0. The second-order valence-electron chi connectivity index (χ2n) is 2.30. The van der Waals surface area contributed by atoms with Crippen molar-refractivity contribution in [1.82, 2.24) is 0 Å². The lowest BCUT2D eigenvalue weighted by molar-refractivity contribution is -0.698. The van der Waals surface area contributed by atoms with E-state index < -0.39 is 0 Å². The third-order valence-electron chi connectivity index (χ3n) is 1.51. The van der Waals surface area contributed by atoms with Crippen molar-refractivity contribution in [3.05, 3.63) is 36.7 Å². The fraction of sp³-hybridized carbons (Fsp3) is 0.222. The number of rotatable bonds is 3. The highest BCUT2D eigenvalue weighted by atomic mass is 16.3. The summed E-state index contributed by atoms with van der Waals surface area (Å²) in [6, 6.07) is 3.92. The molecule has 2 heteroatoms. The standard InChI is InChI=1S/C9H12NO/c1-2-9-3-5-10(6-4-9)7-8-11/h2-6,11H,1,7-8H2/q+1. The van der Waals surface area contributed by atoms with Crippen LogP contribution in [0, 0.1) is 0 Å². The Hall–Kier alpha value is -1.15. The zero-order valence-corrected chi connectivity index (χ0v) is 6.40. The van der Waals surface area contributed by atoms with Crippen molar-refractivity contribution >= 4 is 6.08 Å². The number of pyridine rings is 1. The Kier molecular flexibility index (Phi) is 2.81. The van der Waals surface area contributed by atoms with Gasteiger partial charge in [-0.1, -0.05) is 12.7 Å². The molecule has 0 aromatic carbocycles. The van der Waals surface area contributed by atoms with Crippen LogP contribution in [-0.2, 0) is 6.54 Å². The van der Waals surface area contributed by atoms with Crippen molar-refractivity contribution in [2.24, 2.45) is 0 Å². The maximum absolute atomic E-state index is 8.61. The van der Waals surface area contributed by atoms with E-state index in [0.29, 0.717) is 6.54 Å². The molecule has 0 aliphatic rings. The minimum Gasteiger partial charge on any atom is -0.390 e. The van der Waals surface area contributed by atoms with Crippen molar-refractivity contribution in [2.75, 3.05) is 6.61 Å². The molecule has 0 atom stereocenters. The van der Waals surface area contributed by atoms with Gasteiger partial charge in [0.05, 0.1) is 0 Å². The molecular formula is C9H12NO+. The Morgan fingerprint density at radius 1 is 1.45 bits per heavy atom. The van der Waals surface area contributed by atoms with E-state index >= 15 is 0 Å². The van der Waals surface area contributed by atoms with Crippen molar-refractivity contribution in [1.29, 1.82) is 0 Å². The molecule has 0 fully saturated rings. The molecule has 0 saturated carbocycles. The van der Waals surface area contributed by atoms with Gasteiger partial charge in [0, 0.05) is 12.1 Å². The molecule has 1 aromatic rings. The summed E-state index contributed by atoms with van der Waals surface area (Å²) in [6.07, 6.45) is 5.64. The van der Waals surface area contributed by atoms with Crippen LogP contribution < -0.4 is 4.57 Å². The molecule has 11 heavy (non-hydrogen) atoms. The molecule has 1 rings (SSSR count). The first-order valence-corrected chi connectivity index (χ1v) is 3.59. The summed E-state index contributed by atoms with van der Waals surface area (Å²) in [7, 11) is 0. The Bertz CT molecular complexity index is 228. The van der Waals surface area contributed by atoms with Crippen LogP contribution in [0.2, 0.25) is 0 Å². The summed E-state index contributed by atoms with van der Waals surface area (Å²) in [5.74, 6) is 0. The minimum atomic E-state index is 0.179. The van der Waals surface area contributed by atoms with Gasteiger partial charge >= 0.3 is 0 Å². The van der Waals surface area contributed by atoms with Gasteiger partial charge < -0.3 is 5.11 Å². The van der Waals surface area contributed by atoms with Crippen LogP contribution >= 0.6 is 0 Å². The van der Waals surface area contributed by atoms with E-state index in [1.807, 2.05) is 29.1 Å². The predicted octanol–water partition coefficient (Wildman–Crippen LogP) is 0.609. The van der Waals surface area contributed by atoms with Crippen LogP contribution in [0.3, 0.4) is 0 Å². The highest BCUT2D eigenvalue weighted by Crippen LogP contribution is 1.94. The molecule has 58 valence electrons. The molecule has 2 nitrogen and oxygen atoms in total. The third-order valence-corrected chi connectivity index (χ3v) is 1.51. The largest absolute Gasteiger partial charge is 0.390 e. The fourth-order valence-electron chi connectivity index (χ4n) is 0.869. The Morgan fingerprint density at radius 3 is 2.55 bits per heavy atom. The monoisotopic (exact) mass is 150 g/mol. The van der Waals surface area contributed by atoms with Crippen LogP contribution in [0.5, 0.6) is 0 Å². The number of hydrogen-bond donors (Lipinski definition) is 1. The highest BCUT2D eigenvalue weighted by Gasteiger charge is 1.95. The number of aliphatic hydroxyl groups is 1. The molecule has 0 amide bonds. The maximum atomic E-state index is 8.61. The smallest absolute Gasteiger partial charge is 0.171 e. The van der Waals surface area contributed by atoms with Crippen LogP contribution in [0.25, 0.3) is 6.08 Å². The van der Waals surface area contributed by atoms with E-state index in [-0.39, 0.29) is 6.61 Å². The average molecular weight is 150 g/mol. The zero-order valence-electron chi connectivity index (χ0n) is 6.40. The molecule has 1 aromatic heterocycles. The van der Waals surface area contributed by atoms with Crippen LogP contribution in [0.4, 0.5) is 0 Å². The molecule has 0 spiro atoms. The summed E-state index contributed by atoms with van der Waals surface area (Å²) < 4.78 is 1.92. The lowest BCUT2D eigenvalue weighted by Gasteiger charge is -1.92. The lowest BCUT2D eigenvalue weighted by Crippen LogP contribution is -2.34. The second kappa shape index (κ2) is 3.88. The third kappa shape index (κ3) is 2.16. The zero-order chi connectivity index (χ0) is 8.10. The van der Waals surface area contributed by atoms with E-state index in [2.05, 4.69) is 6.58 Å². The van der Waals surface area contributed by atoms with E-state index in [9.17, 15) is 0 Å². The van der Waals surface area contributed by atoms with Gasteiger partial charge in [0.2, 0.25) is 0 Å². The first-order valence-electron chi connectivity index (χ1n) is 3.59. The molecule has 1 heterocycles. The molecule has 0 radical (unpaired) electrons. The second-order valence-corrected chi connectivity index (χ2v) is 2.30. The maximum Gasteiger partial charge on any atom is 0.171 e. The van der Waals surface area contributed by atoms with E-state index in [1.165, 1.54) is 0 Å². The molecule has 0 saturated heterocycles. The molecule has 1 N–H and O–H groups in total. The average Bonchev–Trinajstić information content (AvgIpc) is 2.07. The van der Waals surface area contributed by atoms with Gasteiger partial charge in [0.15, 0.2) is 18.9 Å². The van der Waals surface area contributed by atoms with Crippen LogP contribution in [-0.4, -0.2) is 11.7 Å². The first kappa shape index (κ1) is 7.95. The van der Waals surface area contributed by atoms with Crippen molar-refractivity contribution in [3.8, 4) is 0 Å². The Labute approximate surface area is 66.4 Å². The summed E-state index contributed by atoms with van der Waals surface area (Å²) in [6.45, 7) is 4.48. The van der Waals surface area contributed by atoms with Crippen LogP contribution in [0.15, 0.2) is 31.1 Å². The predicted molar refractivity (Wildman–Crippen MR) is 43.8 cm³/mol. The number of aliphatic hydroxyl groups excluding tert-OH is 1. The van der Waals surface area contributed by atoms with Gasteiger partial charge in [-0.25, -0.2) is 4.57 Å². The molecule has 0 unspecified atom stereocenters. The Morgan fingerprint density at radius 2 is 2.09 bits per heavy atom. The SMILES string of the molecule is C=Cc1cc[n+](CCO)cc1. The molecule has 0 aliphatic heterocycles. The van der Waals surface area contributed by atoms with Crippen molar-refractivity contribution in [3.63, 3.8) is 0 Å². The number of nitrogens with zero attached hydrogens (tertiary/aromatic N) is 1. The van der Waals surface area contributed by atoms with Gasteiger partial charge in [-0.05, 0) is 5.56 Å². The minimum absolute atomic E-state index is 0.179. The normalized spacial score (nSPS) is 9.55. The molecular weight excluding hydrogens is 138 g/mol. The quantitative estimate of drug-likeness (QED) is 0.627. The summed E-state index contributed by atoms with van der Waals surface area (Å²) in [4.78, 5) is 0. The van der Waals surface area contributed by atoms with Crippen molar-refractivity contribution < 1.29 is 9.67 Å². The van der Waals surface area contributed by atoms with Crippen molar-refractivity contribution in [2.45, 2.75) is 6.54 Å². The van der Waals surface area contributed by atoms with E-state index in [1.54, 1.807) is 6.08 Å². The van der Waals surface area contributed by atoms with E-state index in [4.69, 9.17) is 5.11 Å².